The van der Waals surface area contributed by atoms with Gasteiger partial charge in [-0.15, -0.1) is 10.2 Å². The summed E-state index contributed by atoms with van der Waals surface area (Å²) in [5.41, 5.74) is 5.39. The minimum absolute atomic E-state index is 0.302. The van der Waals surface area contributed by atoms with Crippen LogP contribution in [0, 0.1) is 0 Å². The number of carbonyl (C=O) groups is 1. The Morgan fingerprint density at radius 1 is 1.24 bits per heavy atom. The van der Waals surface area contributed by atoms with Crippen LogP contribution < -0.4 is 10.9 Å². The van der Waals surface area contributed by atoms with Gasteiger partial charge in [0.05, 0.1) is 0 Å². The monoisotopic (exact) mass is 305 g/mol. The molecule has 2 aromatic rings. The van der Waals surface area contributed by atoms with Crippen molar-refractivity contribution < 1.29 is 4.79 Å². The van der Waals surface area contributed by atoms with Crippen LogP contribution in [0.1, 0.15) is 59.0 Å². The quantitative estimate of drug-likeness (QED) is 0.805. The summed E-state index contributed by atoms with van der Waals surface area (Å²) >= 11 is 1.47. The third-order valence-corrected chi connectivity index (χ3v) is 4.58. The third-order valence-electron chi connectivity index (χ3n) is 3.58. The molecule has 1 amide bonds. The summed E-state index contributed by atoms with van der Waals surface area (Å²) in [5.74, 6) is 1.73. The third kappa shape index (κ3) is 2.60. The van der Waals surface area contributed by atoms with Crippen LogP contribution in [-0.2, 0) is 7.05 Å². The Hall–Kier alpha value is -2.03. The molecule has 21 heavy (non-hydrogen) atoms. The molecule has 4 rings (SSSR count). The fourth-order valence-electron chi connectivity index (χ4n) is 2.06. The number of aryl methyl sites for hydroxylation is 1. The summed E-state index contributed by atoms with van der Waals surface area (Å²) in [5, 5.41) is 14.0. The number of carbonyl (C=O) groups excluding carboxylic acids is 1. The van der Waals surface area contributed by atoms with E-state index >= 15 is 0 Å². The van der Waals surface area contributed by atoms with Gasteiger partial charge in [-0.1, -0.05) is 11.3 Å². The molecule has 110 valence electrons. The first-order valence-electron chi connectivity index (χ1n) is 7.01. The first kappa shape index (κ1) is 12.7. The largest absolute Gasteiger partial charge is 0.307 e. The zero-order valence-electron chi connectivity index (χ0n) is 11.5. The molecule has 0 unspecified atom stereocenters. The average Bonchev–Trinajstić information content (AvgIpc) is 3.40. The van der Waals surface area contributed by atoms with Crippen LogP contribution in [-0.4, -0.2) is 30.9 Å². The molecule has 8 nitrogen and oxygen atoms in total. The molecule has 0 aromatic carbocycles. The minimum Gasteiger partial charge on any atom is -0.271 e. The maximum atomic E-state index is 12.1. The van der Waals surface area contributed by atoms with Crippen molar-refractivity contribution in [2.75, 3.05) is 5.43 Å². The van der Waals surface area contributed by atoms with Gasteiger partial charge in [0.25, 0.3) is 0 Å². The summed E-state index contributed by atoms with van der Waals surface area (Å²) < 4.78 is 1.51. The molecule has 2 fully saturated rings. The van der Waals surface area contributed by atoms with E-state index in [9.17, 15) is 4.79 Å². The maximum absolute atomic E-state index is 12.1. The van der Waals surface area contributed by atoms with Crippen LogP contribution in [0.3, 0.4) is 0 Å². The molecule has 2 aliphatic rings. The number of anilines is 1. The van der Waals surface area contributed by atoms with E-state index < -0.39 is 0 Å². The van der Waals surface area contributed by atoms with Crippen LogP contribution in [0.5, 0.6) is 0 Å². The van der Waals surface area contributed by atoms with Gasteiger partial charge in [-0.3, -0.25) is 15.6 Å². The summed E-state index contributed by atoms with van der Waals surface area (Å²) in [6.07, 6.45) is 4.59. The molecule has 0 radical (unpaired) electrons. The van der Waals surface area contributed by atoms with Gasteiger partial charge in [0.2, 0.25) is 11.0 Å². The predicted octanol–water partition coefficient (Wildman–Crippen LogP) is 1.18. The normalized spacial score (nSPS) is 17.8. The lowest BCUT2D eigenvalue weighted by atomic mass is 10.4. The summed E-state index contributed by atoms with van der Waals surface area (Å²) in [6.45, 7) is 0. The van der Waals surface area contributed by atoms with E-state index in [2.05, 4.69) is 31.1 Å². The number of hydrogen-bond donors (Lipinski definition) is 2. The molecule has 2 saturated carbocycles. The van der Waals surface area contributed by atoms with Crippen molar-refractivity contribution in [1.82, 2.24) is 30.4 Å². The van der Waals surface area contributed by atoms with Gasteiger partial charge in [0.15, 0.2) is 5.82 Å². The van der Waals surface area contributed by atoms with Gasteiger partial charge in [-0.25, -0.2) is 9.67 Å². The highest BCUT2D eigenvalue weighted by Crippen LogP contribution is 2.42. The van der Waals surface area contributed by atoms with Crippen LogP contribution in [0.25, 0.3) is 0 Å². The molecule has 2 N–H and O–H groups in total. The van der Waals surface area contributed by atoms with Gasteiger partial charge in [-0.05, 0) is 25.7 Å². The fourth-order valence-corrected chi connectivity index (χ4v) is 2.93. The van der Waals surface area contributed by atoms with Crippen molar-refractivity contribution in [3.8, 4) is 0 Å². The van der Waals surface area contributed by atoms with Crippen molar-refractivity contribution in [3.63, 3.8) is 0 Å². The lowest BCUT2D eigenvalue weighted by Gasteiger charge is -2.03. The van der Waals surface area contributed by atoms with Gasteiger partial charge in [-0.2, -0.15) is 5.10 Å². The lowest BCUT2D eigenvalue weighted by molar-refractivity contribution is 0.0948. The first-order chi connectivity index (χ1) is 10.2. The Morgan fingerprint density at radius 2 is 2.00 bits per heavy atom. The second-order valence-corrected chi connectivity index (χ2v) is 6.50. The van der Waals surface area contributed by atoms with Crippen LogP contribution in [0.15, 0.2) is 0 Å². The molecule has 0 aliphatic heterocycles. The second-order valence-electron chi connectivity index (χ2n) is 5.49. The van der Waals surface area contributed by atoms with E-state index in [1.165, 1.54) is 28.9 Å². The Labute approximate surface area is 125 Å². The Kier molecular flexibility index (Phi) is 2.88. The molecule has 0 spiro atoms. The molecule has 2 aliphatic carbocycles. The highest BCUT2D eigenvalue weighted by Gasteiger charge is 2.30. The summed E-state index contributed by atoms with van der Waals surface area (Å²) in [7, 11) is 1.73. The zero-order chi connectivity index (χ0) is 14.4. The Morgan fingerprint density at radius 3 is 2.71 bits per heavy atom. The second kappa shape index (κ2) is 4.76. The molecule has 0 saturated heterocycles. The van der Waals surface area contributed by atoms with E-state index in [0.717, 1.165) is 23.7 Å². The molecule has 9 heteroatoms. The lowest BCUT2D eigenvalue weighted by Crippen LogP contribution is -2.31. The molecule has 2 aromatic heterocycles. The highest BCUT2D eigenvalue weighted by molar-refractivity contribution is 7.15. The fraction of sp³-hybridized carbons (Fsp3) is 0.583. The van der Waals surface area contributed by atoms with Crippen molar-refractivity contribution in [1.29, 1.82) is 0 Å². The van der Waals surface area contributed by atoms with E-state index in [0.29, 0.717) is 22.8 Å². The molecule has 0 bridgehead atoms. The number of rotatable bonds is 5. The van der Waals surface area contributed by atoms with Crippen molar-refractivity contribution in [2.24, 2.45) is 7.05 Å². The number of amides is 1. The van der Waals surface area contributed by atoms with Gasteiger partial charge in [0.1, 0.15) is 5.01 Å². The van der Waals surface area contributed by atoms with Crippen molar-refractivity contribution in [3.05, 3.63) is 16.7 Å². The standard InChI is InChI=1S/C12H15N7OS/c1-19-9(13-8(18-19)6-2-3-6)10(20)14-16-12-17-15-11(21-12)7-4-5-7/h6-7H,2-5H2,1H3,(H,14,20)(H,16,17). The smallest absolute Gasteiger partial charge is 0.271 e. The van der Waals surface area contributed by atoms with E-state index in [-0.39, 0.29) is 5.91 Å². The molecule has 2 heterocycles. The van der Waals surface area contributed by atoms with E-state index in [1.54, 1.807) is 7.05 Å². The number of hydrogen-bond acceptors (Lipinski definition) is 7. The topological polar surface area (TPSA) is 97.6 Å². The van der Waals surface area contributed by atoms with Crippen LogP contribution in [0.2, 0.25) is 0 Å². The minimum atomic E-state index is -0.319. The SMILES string of the molecule is Cn1nc(C2CC2)nc1C(=O)NNc1nnc(C2CC2)s1. The van der Waals surface area contributed by atoms with Gasteiger partial charge < -0.3 is 0 Å². The zero-order valence-corrected chi connectivity index (χ0v) is 12.4. The number of hydrazine groups is 1. The summed E-state index contributed by atoms with van der Waals surface area (Å²) in [4.78, 5) is 16.4. The van der Waals surface area contributed by atoms with Crippen LogP contribution >= 0.6 is 11.3 Å². The van der Waals surface area contributed by atoms with Crippen molar-refractivity contribution in [2.45, 2.75) is 37.5 Å². The predicted molar refractivity (Wildman–Crippen MR) is 76.0 cm³/mol. The van der Waals surface area contributed by atoms with Crippen molar-refractivity contribution >= 4 is 22.4 Å². The maximum Gasteiger partial charge on any atom is 0.307 e. The van der Waals surface area contributed by atoms with Gasteiger partial charge in [0, 0.05) is 18.9 Å². The van der Waals surface area contributed by atoms with Crippen LogP contribution in [0.4, 0.5) is 5.13 Å². The summed E-state index contributed by atoms with van der Waals surface area (Å²) in [6, 6.07) is 0. The van der Waals surface area contributed by atoms with E-state index in [1.807, 2.05) is 0 Å². The Bertz CT molecular complexity index is 686. The molecular weight excluding hydrogens is 290 g/mol. The number of aromatic nitrogens is 5. The first-order valence-corrected chi connectivity index (χ1v) is 7.83. The van der Waals surface area contributed by atoms with E-state index in [4.69, 9.17) is 0 Å². The molecular formula is C12H15N7OS. The average molecular weight is 305 g/mol. The van der Waals surface area contributed by atoms with Gasteiger partial charge >= 0.3 is 5.91 Å². The Balaban J connectivity index is 1.40. The number of nitrogens with one attached hydrogen (secondary N) is 2. The number of nitrogens with zero attached hydrogens (tertiary/aromatic N) is 5. The molecule has 0 atom stereocenters. The highest BCUT2D eigenvalue weighted by atomic mass is 32.1.